The molecular formula is C18H20O3. The Morgan fingerprint density at radius 3 is 2.57 bits per heavy atom. The van der Waals surface area contributed by atoms with Crippen molar-refractivity contribution >= 4 is 5.78 Å². The number of carbonyl (C=O) groups excluding carboxylic acids is 1. The van der Waals surface area contributed by atoms with Gasteiger partial charge >= 0.3 is 0 Å². The number of aryl methyl sites for hydroxylation is 2. The highest BCUT2D eigenvalue weighted by molar-refractivity contribution is 5.97. The second-order valence-electron chi connectivity index (χ2n) is 5.09. The minimum absolute atomic E-state index is 0.0183. The zero-order chi connectivity index (χ0) is 15.2. The zero-order valence-electron chi connectivity index (χ0n) is 12.7. The van der Waals surface area contributed by atoms with Crippen LogP contribution in [0, 0.1) is 13.8 Å². The van der Waals surface area contributed by atoms with Crippen molar-refractivity contribution in [2.45, 2.75) is 20.5 Å². The molecule has 0 fully saturated rings. The van der Waals surface area contributed by atoms with Crippen molar-refractivity contribution in [1.29, 1.82) is 0 Å². The number of Topliss-reactive ketones (excluding diaryl/α,β-unsaturated/α-hetero) is 1. The third kappa shape index (κ3) is 4.17. The highest BCUT2D eigenvalue weighted by Crippen LogP contribution is 2.15. The molecule has 0 heterocycles. The normalized spacial score (nSPS) is 10.4. The van der Waals surface area contributed by atoms with Gasteiger partial charge in [-0.25, -0.2) is 0 Å². The second-order valence-corrected chi connectivity index (χ2v) is 5.09. The van der Waals surface area contributed by atoms with Crippen LogP contribution in [0.25, 0.3) is 0 Å². The molecule has 0 unspecified atom stereocenters. The Labute approximate surface area is 125 Å². The first-order valence-electron chi connectivity index (χ1n) is 6.91. The third-order valence-corrected chi connectivity index (χ3v) is 3.41. The van der Waals surface area contributed by atoms with Crippen LogP contribution in [0.3, 0.4) is 0 Å². The van der Waals surface area contributed by atoms with Gasteiger partial charge in [0, 0.05) is 12.7 Å². The van der Waals surface area contributed by atoms with Gasteiger partial charge in [0.1, 0.15) is 5.75 Å². The van der Waals surface area contributed by atoms with E-state index >= 15 is 0 Å². The van der Waals surface area contributed by atoms with Crippen molar-refractivity contribution in [3.63, 3.8) is 0 Å². The van der Waals surface area contributed by atoms with Crippen molar-refractivity contribution in [1.82, 2.24) is 0 Å². The monoisotopic (exact) mass is 284 g/mol. The highest BCUT2D eigenvalue weighted by Gasteiger charge is 2.08. The lowest BCUT2D eigenvalue weighted by Crippen LogP contribution is -2.12. The van der Waals surface area contributed by atoms with E-state index in [9.17, 15) is 4.79 Å². The van der Waals surface area contributed by atoms with Gasteiger partial charge < -0.3 is 9.47 Å². The first kappa shape index (κ1) is 15.3. The number of ether oxygens (including phenoxy) is 2. The summed E-state index contributed by atoms with van der Waals surface area (Å²) in [6.45, 7) is 4.60. The molecule has 0 bridgehead atoms. The number of hydrogen-bond donors (Lipinski definition) is 0. The average Bonchev–Trinajstić information content (AvgIpc) is 2.48. The fourth-order valence-corrected chi connectivity index (χ4v) is 2.04. The Hall–Kier alpha value is -2.13. The number of carbonyl (C=O) groups is 1. The standard InChI is InChI=1S/C18H20O3/c1-13-7-8-16(9-14(13)2)18(19)12-21-17-6-4-5-15(10-17)11-20-3/h4-10H,11-12H2,1-3H3. The van der Waals surface area contributed by atoms with Crippen molar-refractivity contribution in [2.75, 3.05) is 13.7 Å². The van der Waals surface area contributed by atoms with Crippen LogP contribution in [0.4, 0.5) is 0 Å². The average molecular weight is 284 g/mol. The molecular weight excluding hydrogens is 264 g/mol. The maximum atomic E-state index is 12.1. The minimum atomic E-state index is -0.0183. The Bertz CT molecular complexity index is 632. The number of hydrogen-bond acceptors (Lipinski definition) is 3. The third-order valence-electron chi connectivity index (χ3n) is 3.41. The van der Waals surface area contributed by atoms with E-state index in [2.05, 4.69) is 0 Å². The van der Waals surface area contributed by atoms with Crippen LogP contribution in [0.1, 0.15) is 27.0 Å². The molecule has 0 aliphatic heterocycles. The van der Waals surface area contributed by atoms with Crippen molar-refractivity contribution in [3.05, 3.63) is 64.7 Å². The van der Waals surface area contributed by atoms with Gasteiger partial charge in [-0.1, -0.05) is 24.3 Å². The predicted octanol–water partition coefficient (Wildman–Crippen LogP) is 3.71. The van der Waals surface area contributed by atoms with E-state index in [0.29, 0.717) is 17.9 Å². The molecule has 0 spiro atoms. The van der Waals surface area contributed by atoms with Crippen molar-refractivity contribution in [2.24, 2.45) is 0 Å². The summed E-state index contributed by atoms with van der Waals surface area (Å²) >= 11 is 0. The molecule has 0 saturated heterocycles. The molecule has 3 heteroatoms. The lowest BCUT2D eigenvalue weighted by molar-refractivity contribution is 0.0921. The largest absolute Gasteiger partial charge is 0.485 e. The first-order chi connectivity index (χ1) is 10.1. The number of benzene rings is 2. The van der Waals surface area contributed by atoms with Crippen LogP contribution >= 0.6 is 0 Å². The van der Waals surface area contributed by atoms with Crippen molar-refractivity contribution in [3.8, 4) is 5.75 Å². The fraction of sp³-hybridized carbons (Fsp3) is 0.278. The molecule has 0 atom stereocenters. The molecule has 0 aromatic heterocycles. The van der Waals surface area contributed by atoms with Gasteiger partial charge in [0.05, 0.1) is 6.61 Å². The summed E-state index contributed by atoms with van der Waals surface area (Å²) < 4.78 is 10.7. The van der Waals surface area contributed by atoms with Gasteiger partial charge in [0.15, 0.2) is 12.4 Å². The molecule has 0 radical (unpaired) electrons. The van der Waals surface area contributed by atoms with E-state index in [-0.39, 0.29) is 12.4 Å². The van der Waals surface area contributed by atoms with Crippen LogP contribution in [0.5, 0.6) is 5.75 Å². The van der Waals surface area contributed by atoms with Gasteiger partial charge in [0.2, 0.25) is 0 Å². The molecule has 21 heavy (non-hydrogen) atoms. The van der Waals surface area contributed by atoms with Crippen LogP contribution in [-0.2, 0) is 11.3 Å². The quantitative estimate of drug-likeness (QED) is 0.759. The molecule has 110 valence electrons. The topological polar surface area (TPSA) is 35.5 Å². The number of rotatable bonds is 6. The summed E-state index contributed by atoms with van der Waals surface area (Å²) in [6, 6.07) is 13.3. The number of methoxy groups -OCH3 is 1. The Morgan fingerprint density at radius 2 is 1.86 bits per heavy atom. The van der Waals surface area contributed by atoms with Gasteiger partial charge in [-0.15, -0.1) is 0 Å². The van der Waals surface area contributed by atoms with E-state index < -0.39 is 0 Å². The SMILES string of the molecule is COCc1cccc(OCC(=O)c2ccc(C)c(C)c2)c1. The van der Waals surface area contributed by atoms with Gasteiger partial charge in [-0.2, -0.15) is 0 Å². The van der Waals surface area contributed by atoms with Gasteiger partial charge in [-0.05, 0) is 48.7 Å². The van der Waals surface area contributed by atoms with Crippen LogP contribution in [-0.4, -0.2) is 19.5 Å². The molecule has 3 nitrogen and oxygen atoms in total. The predicted molar refractivity (Wildman–Crippen MR) is 82.9 cm³/mol. The molecule has 0 saturated carbocycles. The summed E-state index contributed by atoms with van der Waals surface area (Å²) in [4.78, 5) is 12.1. The fourth-order valence-electron chi connectivity index (χ4n) is 2.04. The summed E-state index contributed by atoms with van der Waals surface area (Å²) in [5, 5.41) is 0. The molecule has 0 aliphatic rings. The molecule has 2 aromatic carbocycles. The van der Waals surface area contributed by atoms with E-state index in [0.717, 1.165) is 11.1 Å². The van der Waals surface area contributed by atoms with Crippen LogP contribution < -0.4 is 4.74 Å². The van der Waals surface area contributed by atoms with E-state index in [1.54, 1.807) is 7.11 Å². The van der Waals surface area contributed by atoms with Crippen LogP contribution in [0.15, 0.2) is 42.5 Å². The van der Waals surface area contributed by atoms with Gasteiger partial charge in [-0.3, -0.25) is 4.79 Å². The first-order valence-corrected chi connectivity index (χ1v) is 6.91. The smallest absolute Gasteiger partial charge is 0.200 e. The van der Waals surface area contributed by atoms with E-state index in [1.807, 2.05) is 56.3 Å². The molecule has 0 aliphatic carbocycles. The lowest BCUT2D eigenvalue weighted by Gasteiger charge is -2.08. The minimum Gasteiger partial charge on any atom is -0.485 e. The summed E-state index contributed by atoms with van der Waals surface area (Å²) in [7, 11) is 1.65. The maximum absolute atomic E-state index is 12.1. The summed E-state index contributed by atoms with van der Waals surface area (Å²) in [6.07, 6.45) is 0. The Morgan fingerprint density at radius 1 is 1.05 bits per heavy atom. The lowest BCUT2D eigenvalue weighted by atomic mass is 10.0. The van der Waals surface area contributed by atoms with Crippen LogP contribution in [0.2, 0.25) is 0 Å². The maximum Gasteiger partial charge on any atom is 0.200 e. The molecule has 2 rings (SSSR count). The van der Waals surface area contributed by atoms with E-state index in [1.165, 1.54) is 5.56 Å². The van der Waals surface area contributed by atoms with Crippen molar-refractivity contribution < 1.29 is 14.3 Å². The Balaban J connectivity index is 2.00. The number of ketones is 1. The second kappa shape index (κ2) is 7.04. The summed E-state index contributed by atoms with van der Waals surface area (Å²) in [5.41, 5.74) is 4.00. The summed E-state index contributed by atoms with van der Waals surface area (Å²) in [5.74, 6) is 0.664. The van der Waals surface area contributed by atoms with Gasteiger partial charge in [0.25, 0.3) is 0 Å². The van der Waals surface area contributed by atoms with E-state index in [4.69, 9.17) is 9.47 Å². The molecule has 0 N–H and O–H groups in total. The molecule has 2 aromatic rings. The highest BCUT2D eigenvalue weighted by atomic mass is 16.5. The molecule has 0 amide bonds. The zero-order valence-corrected chi connectivity index (χ0v) is 12.7. The Kier molecular flexibility index (Phi) is 5.12.